The zero-order valence-corrected chi connectivity index (χ0v) is 11.9. The Hall–Kier alpha value is -1.42. The fraction of sp³-hybridized carbons (Fsp3) is 0.600. The lowest BCUT2D eigenvalue weighted by atomic mass is 10.1. The van der Waals surface area contributed by atoms with Crippen molar-refractivity contribution in [3.8, 4) is 0 Å². The van der Waals surface area contributed by atoms with Crippen LogP contribution in [0.15, 0.2) is 18.3 Å². The van der Waals surface area contributed by atoms with Gasteiger partial charge in [-0.15, -0.1) is 0 Å². The van der Waals surface area contributed by atoms with Gasteiger partial charge in [-0.1, -0.05) is 6.07 Å². The second-order valence-corrected chi connectivity index (χ2v) is 5.17. The van der Waals surface area contributed by atoms with E-state index in [1.807, 2.05) is 30.9 Å². The van der Waals surface area contributed by atoms with Gasteiger partial charge in [0, 0.05) is 25.3 Å². The molecule has 1 aromatic heterocycles. The van der Waals surface area contributed by atoms with Crippen LogP contribution in [0.1, 0.15) is 31.0 Å². The number of amides is 1. The van der Waals surface area contributed by atoms with Crippen LogP contribution >= 0.6 is 0 Å². The molecule has 0 aliphatic carbocycles. The van der Waals surface area contributed by atoms with Crippen LogP contribution in [0.2, 0.25) is 0 Å². The predicted molar refractivity (Wildman–Crippen MR) is 76.0 cm³/mol. The molecule has 1 aliphatic rings. The van der Waals surface area contributed by atoms with E-state index in [4.69, 9.17) is 0 Å². The molecule has 1 atom stereocenters. The number of rotatable bonds is 5. The number of carbonyl (C=O) groups is 1. The van der Waals surface area contributed by atoms with E-state index in [1.165, 1.54) is 12.8 Å². The van der Waals surface area contributed by atoms with Gasteiger partial charge in [0.05, 0.1) is 12.1 Å². The Morgan fingerprint density at radius 2 is 2.42 bits per heavy atom. The molecule has 1 saturated heterocycles. The average Bonchev–Trinajstić information content (AvgIpc) is 2.91. The van der Waals surface area contributed by atoms with Crippen LogP contribution in [0, 0.1) is 6.92 Å². The van der Waals surface area contributed by atoms with Crippen molar-refractivity contribution in [3.63, 3.8) is 0 Å². The summed E-state index contributed by atoms with van der Waals surface area (Å²) in [5, 5.41) is 3.44. The predicted octanol–water partition coefficient (Wildman–Crippen LogP) is 1.53. The topological polar surface area (TPSA) is 45.2 Å². The van der Waals surface area contributed by atoms with E-state index in [9.17, 15) is 4.79 Å². The number of nitrogens with one attached hydrogen (secondary N) is 1. The molecule has 2 rings (SSSR count). The maximum absolute atomic E-state index is 12.3. The molecule has 1 amide bonds. The summed E-state index contributed by atoms with van der Waals surface area (Å²) in [6, 6.07) is 4.38. The van der Waals surface area contributed by atoms with Crippen molar-refractivity contribution in [2.45, 2.75) is 39.2 Å². The van der Waals surface area contributed by atoms with E-state index in [0.717, 1.165) is 30.9 Å². The Balaban J connectivity index is 1.94. The van der Waals surface area contributed by atoms with Crippen molar-refractivity contribution in [1.29, 1.82) is 0 Å². The molecule has 4 nitrogen and oxygen atoms in total. The summed E-state index contributed by atoms with van der Waals surface area (Å²) in [6.07, 6.45) is 4.56. The molecule has 0 saturated carbocycles. The first-order valence-corrected chi connectivity index (χ1v) is 7.12. The highest BCUT2D eigenvalue weighted by atomic mass is 16.2. The number of hydrogen-bond acceptors (Lipinski definition) is 3. The van der Waals surface area contributed by atoms with Gasteiger partial charge in [0.1, 0.15) is 0 Å². The Labute approximate surface area is 115 Å². The number of nitrogens with zero attached hydrogens (tertiary/aromatic N) is 2. The van der Waals surface area contributed by atoms with Crippen LogP contribution < -0.4 is 5.32 Å². The van der Waals surface area contributed by atoms with Crippen molar-refractivity contribution in [1.82, 2.24) is 15.2 Å². The maximum Gasteiger partial charge on any atom is 0.228 e. The smallest absolute Gasteiger partial charge is 0.228 e. The third-order valence-electron chi connectivity index (χ3n) is 3.77. The SMILES string of the molecule is CCN(CC1CCCN1)C(=O)Cc1ncccc1C. The Morgan fingerprint density at radius 3 is 3.05 bits per heavy atom. The zero-order valence-electron chi connectivity index (χ0n) is 11.9. The zero-order chi connectivity index (χ0) is 13.7. The second-order valence-electron chi connectivity index (χ2n) is 5.17. The minimum atomic E-state index is 0.179. The Kier molecular flexibility index (Phi) is 4.91. The maximum atomic E-state index is 12.3. The molecule has 0 bridgehead atoms. The molecule has 1 unspecified atom stereocenters. The van der Waals surface area contributed by atoms with E-state index in [0.29, 0.717) is 12.5 Å². The molecule has 0 radical (unpaired) electrons. The van der Waals surface area contributed by atoms with Gasteiger partial charge in [-0.2, -0.15) is 0 Å². The summed E-state index contributed by atoms with van der Waals surface area (Å²) in [5.74, 6) is 0.179. The third-order valence-corrected chi connectivity index (χ3v) is 3.77. The van der Waals surface area contributed by atoms with E-state index >= 15 is 0 Å². The molecular weight excluding hydrogens is 238 g/mol. The van der Waals surface area contributed by atoms with Crippen LogP contribution in [0.25, 0.3) is 0 Å². The summed E-state index contributed by atoms with van der Waals surface area (Å²) in [5.41, 5.74) is 1.98. The summed E-state index contributed by atoms with van der Waals surface area (Å²) < 4.78 is 0. The first kappa shape index (κ1) is 14.0. The molecule has 19 heavy (non-hydrogen) atoms. The molecular formula is C15H23N3O. The van der Waals surface area contributed by atoms with E-state index in [2.05, 4.69) is 10.3 Å². The number of carbonyl (C=O) groups excluding carboxylic acids is 1. The fourth-order valence-corrected chi connectivity index (χ4v) is 2.54. The molecule has 1 fully saturated rings. The van der Waals surface area contributed by atoms with E-state index in [1.54, 1.807) is 6.20 Å². The summed E-state index contributed by atoms with van der Waals surface area (Å²) in [6.45, 7) is 6.71. The van der Waals surface area contributed by atoms with Gasteiger partial charge in [0.2, 0.25) is 5.91 Å². The van der Waals surface area contributed by atoms with Crippen molar-refractivity contribution < 1.29 is 4.79 Å². The minimum Gasteiger partial charge on any atom is -0.341 e. The molecule has 1 N–H and O–H groups in total. The number of pyridine rings is 1. The summed E-state index contributed by atoms with van der Waals surface area (Å²) in [4.78, 5) is 18.6. The lowest BCUT2D eigenvalue weighted by molar-refractivity contribution is -0.130. The lowest BCUT2D eigenvalue weighted by Crippen LogP contribution is -2.41. The minimum absolute atomic E-state index is 0.179. The van der Waals surface area contributed by atoms with Gasteiger partial charge in [-0.05, 0) is 44.9 Å². The molecule has 0 spiro atoms. The van der Waals surface area contributed by atoms with E-state index < -0.39 is 0 Å². The van der Waals surface area contributed by atoms with Gasteiger partial charge in [0.25, 0.3) is 0 Å². The molecule has 104 valence electrons. The quantitative estimate of drug-likeness (QED) is 0.874. The van der Waals surface area contributed by atoms with Crippen LogP contribution in [-0.4, -0.2) is 41.5 Å². The van der Waals surface area contributed by atoms with Crippen LogP contribution in [0.3, 0.4) is 0 Å². The summed E-state index contributed by atoms with van der Waals surface area (Å²) >= 11 is 0. The number of aryl methyl sites for hydroxylation is 1. The van der Waals surface area contributed by atoms with Crippen molar-refractivity contribution in [3.05, 3.63) is 29.6 Å². The monoisotopic (exact) mass is 261 g/mol. The van der Waals surface area contributed by atoms with Gasteiger partial charge in [-0.3, -0.25) is 9.78 Å². The van der Waals surface area contributed by atoms with E-state index in [-0.39, 0.29) is 5.91 Å². The van der Waals surface area contributed by atoms with Crippen LogP contribution in [-0.2, 0) is 11.2 Å². The van der Waals surface area contributed by atoms with Crippen LogP contribution in [0.5, 0.6) is 0 Å². The van der Waals surface area contributed by atoms with Gasteiger partial charge in [0.15, 0.2) is 0 Å². The third kappa shape index (κ3) is 3.77. The average molecular weight is 261 g/mol. The van der Waals surface area contributed by atoms with Gasteiger partial charge >= 0.3 is 0 Å². The second kappa shape index (κ2) is 6.66. The highest BCUT2D eigenvalue weighted by Gasteiger charge is 2.21. The normalized spacial score (nSPS) is 18.5. The number of hydrogen-bond donors (Lipinski definition) is 1. The lowest BCUT2D eigenvalue weighted by Gasteiger charge is -2.24. The fourth-order valence-electron chi connectivity index (χ4n) is 2.54. The first-order valence-electron chi connectivity index (χ1n) is 7.12. The molecule has 1 aromatic rings. The Bertz CT molecular complexity index is 427. The first-order chi connectivity index (χ1) is 9.20. The highest BCUT2D eigenvalue weighted by molar-refractivity contribution is 5.78. The number of aromatic nitrogens is 1. The molecule has 4 heteroatoms. The van der Waals surface area contributed by atoms with Crippen molar-refractivity contribution >= 4 is 5.91 Å². The number of likely N-dealkylation sites (N-methyl/N-ethyl adjacent to an activating group) is 1. The van der Waals surface area contributed by atoms with Crippen molar-refractivity contribution in [2.75, 3.05) is 19.6 Å². The van der Waals surface area contributed by atoms with Crippen molar-refractivity contribution in [2.24, 2.45) is 0 Å². The Morgan fingerprint density at radius 1 is 1.58 bits per heavy atom. The summed E-state index contributed by atoms with van der Waals surface area (Å²) in [7, 11) is 0. The molecule has 2 heterocycles. The van der Waals surface area contributed by atoms with Crippen LogP contribution in [0.4, 0.5) is 0 Å². The molecule has 0 aromatic carbocycles. The molecule has 1 aliphatic heterocycles. The van der Waals surface area contributed by atoms with Gasteiger partial charge in [-0.25, -0.2) is 0 Å². The largest absolute Gasteiger partial charge is 0.341 e. The standard InChI is InChI=1S/C15H23N3O/c1-3-18(11-13-7-5-8-16-13)15(19)10-14-12(2)6-4-9-17-14/h4,6,9,13,16H,3,5,7-8,10-11H2,1-2H3. The highest BCUT2D eigenvalue weighted by Crippen LogP contribution is 2.10. The van der Waals surface area contributed by atoms with Gasteiger partial charge < -0.3 is 10.2 Å².